The van der Waals surface area contributed by atoms with Crippen molar-refractivity contribution in [1.82, 2.24) is 5.06 Å². The summed E-state index contributed by atoms with van der Waals surface area (Å²) in [6.45, 7) is 5.00. The Hall–Kier alpha value is -1.13. The van der Waals surface area contributed by atoms with Crippen molar-refractivity contribution < 1.29 is 14.4 Å². The number of fused-ring (bicyclic) bond motifs is 3. The lowest BCUT2D eigenvalue weighted by atomic mass is 9.79. The molecule has 2 saturated heterocycles. The van der Waals surface area contributed by atoms with Crippen LogP contribution in [0.3, 0.4) is 0 Å². The molecular weight excluding hydrogens is 230 g/mol. The largest absolute Gasteiger partial charge is 0.452 e. The van der Waals surface area contributed by atoms with Crippen molar-refractivity contribution in [2.24, 2.45) is 0 Å². The molecule has 0 saturated carbocycles. The summed E-state index contributed by atoms with van der Waals surface area (Å²) in [5.74, 6) is -0.234. The molecular formula is C14H19NO3. The van der Waals surface area contributed by atoms with Crippen LogP contribution in [0.2, 0.25) is 0 Å². The van der Waals surface area contributed by atoms with Crippen molar-refractivity contribution in [2.45, 2.75) is 50.9 Å². The highest BCUT2D eigenvalue weighted by molar-refractivity contribution is 5.86. The minimum Gasteiger partial charge on any atom is -0.452 e. The number of esters is 1. The Bertz CT molecular complexity index is 429. The highest BCUT2D eigenvalue weighted by Gasteiger charge is 2.54. The zero-order valence-corrected chi connectivity index (χ0v) is 10.9. The fourth-order valence-electron chi connectivity index (χ4n) is 3.22. The molecule has 2 unspecified atom stereocenters. The Morgan fingerprint density at radius 1 is 1.50 bits per heavy atom. The number of carbonyl (C=O) groups is 1. The molecule has 3 aliphatic heterocycles. The van der Waals surface area contributed by atoms with Gasteiger partial charge in [-0.05, 0) is 26.7 Å². The summed E-state index contributed by atoms with van der Waals surface area (Å²) in [7, 11) is 0. The predicted molar refractivity (Wildman–Crippen MR) is 66.6 cm³/mol. The Morgan fingerprint density at radius 2 is 2.33 bits per heavy atom. The third-order valence-electron chi connectivity index (χ3n) is 4.19. The summed E-state index contributed by atoms with van der Waals surface area (Å²) in [5.41, 5.74) is 0.771. The van der Waals surface area contributed by atoms with Gasteiger partial charge in [-0.2, -0.15) is 5.06 Å². The van der Waals surface area contributed by atoms with Gasteiger partial charge in [0.1, 0.15) is 12.2 Å². The lowest BCUT2D eigenvalue weighted by Crippen LogP contribution is -2.62. The zero-order chi connectivity index (χ0) is 12.8. The second-order valence-corrected chi connectivity index (χ2v) is 5.43. The summed E-state index contributed by atoms with van der Waals surface area (Å²) >= 11 is 0. The molecule has 3 atom stereocenters. The van der Waals surface area contributed by atoms with Crippen LogP contribution in [0.1, 0.15) is 33.1 Å². The average Bonchev–Trinajstić information content (AvgIpc) is 2.74. The van der Waals surface area contributed by atoms with E-state index in [0.29, 0.717) is 0 Å². The first-order valence-electron chi connectivity index (χ1n) is 6.64. The maximum atomic E-state index is 11.6. The minimum atomic E-state index is -0.234. The first-order valence-corrected chi connectivity index (χ1v) is 6.64. The number of nitrogens with zero attached hydrogens (tertiary/aromatic N) is 1. The molecule has 0 aliphatic carbocycles. The summed E-state index contributed by atoms with van der Waals surface area (Å²) in [6, 6.07) is 0. The Morgan fingerprint density at radius 3 is 3.11 bits per heavy atom. The quantitative estimate of drug-likeness (QED) is 0.526. The van der Waals surface area contributed by atoms with E-state index in [1.54, 1.807) is 6.08 Å². The molecule has 0 aromatic heterocycles. The molecule has 0 aromatic carbocycles. The smallest absolute Gasteiger partial charge is 0.331 e. The van der Waals surface area contributed by atoms with E-state index in [2.05, 4.69) is 6.92 Å². The molecule has 98 valence electrons. The third-order valence-corrected chi connectivity index (χ3v) is 4.19. The molecule has 0 radical (unpaired) electrons. The summed E-state index contributed by atoms with van der Waals surface area (Å²) in [5, 5.41) is 2.03. The number of rotatable bonds is 1. The SMILES string of the molecule is C/C=C\[C@H]1ON2CCCCC2(C)C2OC(=O)C=C21. The van der Waals surface area contributed by atoms with E-state index < -0.39 is 0 Å². The van der Waals surface area contributed by atoms with E-state index in [1.165, 1.54) is 0 Å². The topological polar surface area (TPSA) is 38.8 Å². The molecule has 3 aliphatic rings. The van der Waals surface area contributed by atoms with Gasteiger partial charge in [0.25, 0.3) is 0 Å². The molecule has 0 bridgehead atoms. The number of piperidine rings is 1. The van der Waals surface area contributed by atoms with Crippen molar-refractivity contribution in [3.8, 4) is 0 Å². The fourth-order valence-corrected chi connectivity index (χ4v) is 3.22. The number of ether oxygens (including phenoxy) is 1. The van der Waals surface area contributed by atoms with Gasteiger partial charge in [-0.25, -0.2) is 4.79 Å². The Labute approximate surface area is 107 Å². The maximum Gasteiger partial charge on any atom is 0.331 e. The lowest BCUT2D eigenvalue weighted by Gasteiger charge is -2.52. The molecule has 2 fully saturated rings. The van der Waals surface area contributed by atoms with Crippen LogP contribution in [0.5, 0.6) is 0 Å². The Balaban J connectivity index is 1.98. The normalized spacial score (nSPS) is 40.3. The van der Waals surface area contributed by atoms with Gasteiger partial charge in [-0.1, -0.05) is 18.6 Å². The summed E-state index contributed by atoms with van der Waals surface area (Å²) < 4.78 is 5.53. The van der Waals surface area contributed by atoms with Crippen LogP contribution in [0, 0.1) is 0 Å². The van der Waals surface area contributed by atoms with Gasteiger partial charge >= 0.3 is 5.97 Å². The van der Waals surface area contributed by atoms with E-state index in [4.69, 9.17) is 9.57 Å². The van der Waals surface area contributed by atoms with Gasteiger partial charge in [0.05, 0.1) is 5.54 Å². The van der Waals surface area contributed by atoms with Crippen molar-refractivity contribution in [3.05, 3.63) is 23.8 Å². The second kappa shape index (κ2) is 4.21. The van der Waals surface area contributed by atoms with Crippen molar-refractivity contribution >= 4 is 5.97 Å². The average molecular weight is 249 g/mol. The standard InChI is InChI=1S/C14H19NO3/c1-3-6-11-10-9-12(16)17-13(10)14(2)7-4-5-8-15(14)18-11/h3,6,9,11,13H,4-5,7-8H2,1-2H3/b6-3-/t11-,13?,14?/m1/s1. The second-order valence-electron chi connectivity index (χ2n) is 5.43. The van der Waals surface area contributed by atoms with E-state index >= 15 is 0 Å². The molecule has 0 spiro atoms. The zero-order valence-electron chi connectivity index (χ0n) is 10.9. The van der Waals surface area contributed by atoms with E-state index in [0.717, 1.165) is 31.4 Å². The monoisotopic (exact) mass is 249 g/mol. The number of hydrogen-bond acceptors (Lipinski definition) is 4. The molecule has 4 heteroatoms. The van der Waals surface area contributed by atoms with Gasteiger partial charge in [-0.15, -0.1) is 0 Å². The highest BCUT2D eigenvalue weighted by Crippen LogP contribution is 2.44. The maximum absolute atomic E-state index is 11.6. The lowest BCUT2D eigenvalue weighted by molar-refractivity contribution is -0.284. The number of hydroxylamine groups is 2. The first kappa shape index (κ1) is 11.9. The first-order chi connectivity index (χ1) is 8.65. The Kier molecular flexibility index (Phi) is 2.79. The number of carbonyl (C=O) groups excluding carboxylic acids is 1. The van der Waals surface area contributed by atoms with E-state index in [1.807, 2.05) is 24.1 Å². The van der Waals surface area contributed by atoms with E-state index in [-0.39, 0.29) is 23.7 Å². The third kappa shape index (κ3) is 1.63. The van der Waals surface area contributed by atoms with E-state index in [9.17, 15) is 4.79 Å². The number of hydrogen-bond donors (Lipinski definition) is 0. The highest BCUT2D eigenvalue weighted by atomic mass is 16.7. The van der Waals surface area contributed by atoms with Gasteiger partial charge < -0.3 is 4.74 Å². The molecule has 0 aromatic rings. The number of allylic oxidation sites excluding steroid dienone is 1. The minimum absolute atomic E-state index is 0.153. The van der Waals surface area contributed by atoms with Gasteiger partial charge in [0.15, 0.2) is 0 Å². The molecule has 3 heterocycles. The van der Waals surface area contributed by atoms with Crippen molar-refractivity contribution in [1.29, 1.82) is 0 Å². The van der Waals surface area contributed by atoms with Crippen molar-refractivity contribution in [2.75, 3.05) is 6.54 Å². The fraction of sp³-hybridized carbons (Fsp3) is 0.643. The van der Waals surface area contributed by atoms with Crippen LogP contribution < -0.4 is 0 Å². The van der Waals surface area contributed by atoms with Crippen molar-refractivity contribution in [3.63, 3.8) is 0 Å². The molecule has 0 N–H and O–H groups in total. The molecule has 3 rings (SSSR count). The van der Waals surface area contributed by atoms with Crippen LogP contribution in [0.25, 0.3) is 0 Å². The van der Waals surface area contributed by atoms with Crippen LogP contribution in [-0.4, -0.2) is 35.3 Å². The molecule has 18 heavy (non-hydrogen) atoms. The van der Waals surface area contributed by atoms with Gasteiger partial charge in [0.2, 0.25) is 0 Å². The summed E-state index contributed by atoms with van der Waals surface area (Å²) in [6.07, 6.45) is 8.53. The summed E-state index contributed by atoms with van der Waals surface area (Å²) in [4.78, 5) is 17.6. The van der Waals surface area contributed by atoms with Crippen LogP contribution in [0.4, 0.5) is 0 Å². The van der Waals surface area contributed by atoms with Gasteiger partial charge in [-0.3, -0.25) is 4.84 Å². The van der Waals surface area contributed by atoms with Crippen LogP contribution in [0.15, 0.2) is 23.8 Å². The van der Waals surface area contributed by atoms with Crippen LogP contribution in [-0.2, 0) is 14.4 Å². The molecule has 4 nitrogen and oxygen atoms in total. The van der Waals surface area contributed by atoms with Gasteiger partial charge in [0, 0.05) is 18.2 Å². The molecule has 0 amide bonds. The predicted octanol–water partition coefficient (Wildman–Crippen LogP) is 1.97. The van der Waals surface area contributed by atoms with Crippen LogP contribution >= 0.6 is 0 Å².